The van der Waals surface area contributed by atoms with Gasteiger partial charge in [-0.05, 0) is 37.5 Å². The summed E-state index contributed by atoms with van der Waals surface area (Å²) >= 11 is 0. The number of carboxylic acids is 1. The normalized spacial score (nSPS) is 24.6. The number of carbonyl (C=O) groups excluding carboxylic acids is 1. The zero-order valence-corrected chi connectivity index (χ0v) is 13.9. The average Bonchev–Trinajstić information content (AvgIpc) is 2.98. The SMILES string of the molecule is NS(=O)(=O)NCC1CCCN(C(=O)C(C(=O)O)C2CCCC2)C1. The van der Waals surface area contributed by atoms with Gasteiger partial charge in [0.15, 0.2) is 0 Å². The molecule has 4 N–H and O–H groups in total. The number of carboxylic acid groups (broad SMARTS) is 1. The van der Waals surface area contributed by atoms with E-state index in [0.717, 1.165) is 38.5 Å². The van der Waals surface area contributed by atoms with Crippen molar-refractivity contribution in [1.29, 1.82) is 0 Å². The topological polar surface area (TPSA) is 130 Å². The smallest absolute Gasteiger partial charge is 0.316 e. The summed E-state index contributed by atoms with van der Waals surface area (Å²) in [5.74, 6) is -2.47. The minimum absolute atomic E-state index is 0.0379. The molecule has 0 radical (unpaired) electrons. The molecular formula is C14H25N3O5S. The molecule has 2 aliphatic rings. The Morgan fingerprint density at radius 3 is 2.43 bits per heavy atom. The number of carbonyl (C=O) groups is 2. The first kappa shape index (κ1) is 18.2. The summed E-state index contributed by atoms with van der Waals surface area (Å²) in [6, 6.07) is 0. The number of nitrogens with zero attached hydrogens (tertiary/aromatic N) is 1. The summed E-state index contributed by atoms with van der Waals surface area (Å²) in [5, 5.41) is 14.4. The maximum absolute atomic E-state index is 12.7. The van der Waals surface area contributed by atoms with Crippen LogP contribution in [0.15, 0.2) is 0 Å². The molecule has 1 aliphatic heterocycles. The van der Waals surface area contributed by atoms with Crippen LogP contribution in [-0.4, -0.2) is 49.9 Å². The first-order valence-electron chi connectivity index (χ1n) is 8.07. The van der Waals surface area contributed by atoms with Crippen LogP contribution in [0.1, 0.15) is 38.5 Å². The van der Waals surface area contributed by atoms with E-state index in [1.165, 1.54) is 0 Å². The first-order chi connectivity index (χ1) is 10.8. The molecule has 0 aromatic rings. The summed E-state index contributed by atoms with van der Waals surface area (Å²) in [6.07, 6.45) is 5.04. The fourth-order valence-corrected chi connectivity index (χ4v) is 4.13. The van der Waals surface area contributed by atoms with E-state index < -0.39 is 22.1 Å². The molecule has 1 heterocycles. The van der Waals surface area contributed by atoms with Crippen molar-refractivity contribution in [3.63, 3.8) is 0 Å². The number of piperidine rings is 1. The molecule has 0 aromatic heterocycles. The highest BCUT2D eigenvalue weighted by molar-refractivity contribution is 7.87. The largest absolute Gasteiger partial charge is 0.481 e. The van der Waals surface area contributed by atoms with Crippen molar-refractivity contribution in [3.8, 4) is 0 Å². The van der Waals surface area contributed by atoms with E-state index in [2.05, 4.69) is 4.72 Å². The van der Waals surface area contributed by atoms with E-state index in [9.17, 15) is 23.1 Å². The Bertz CT molecular complexity index is 545. The van der Waals surface area contributed by atoms with Crippen molar-refractivity contribution in [1.82, 2.24) is 9.62 Å². The van der Waals surface area contributed by atoms with Gasteiger partial charge in [0.05, 0.1) is 0 Å². The molecule has 1 amide bonds. The molecule has 1 saturated carbocycles. The van der Waals surface area contributed by atoms with E-state index in [4.69, 9.17) is 5.14 Å². The van der Waals surface area contributed by atoms with Crippen molar-refractivity contribution >= 4 is 22.1 Å². The number of hydrogen-bond donors (Lipinski definition) is 3. The minimum atomic E-state index is -3.75. The molecule has 2 rings (SSSR count). The number of amides is 1. The van der Waals surface area contributed by atoms with E-state index in [1.54, 1.807) is 4.90 Å². The molecule has 1 aliphatic carbocycles. The fraction of sp³-hybridized carbons (Fsp3) is 0.857. The Morgan fingerprint density at radius 1 is 1.22 bits per heavy atom. The lowest BCUT2D eigenvalue weighted by Gasteiger charge is -2.35. The van der Waals surface area contributed by atoms with Gasteiger partial charge in [0.2, 0.25) is 5.91 Å². The molecule has 0 bridgehead atoms. The lowest BCUT2D eigenvalue weighted by molar-refractivity contribution is -0.154. The van der Waals surface area contributed by atoms with Gasteiger partial charge in [-0.3, -0.25) is 9.59 Å². The molecule has 2 unspecified atom stereocenters. The predicted octanol–water partition coefficient (Wildman–Crippen LogP) is -0.0909. The van der Waals surface area contributed by atoms with Crippen molar-refractivity contribution in [2.45, 2.75) is 38.5 Å². The Morgan fingerprint density at radius 2 is 1.87 bits per heavy atom. The highest BCUT2D eigenvalue weighted by Gasteiger charge is 2.39. The zero-order chi connectivity index (χ0) is 17.0. The van der Waals surface area contributed by atoms with Gasteiger partial charge in [0.25, 0.3) is 10.2 Å². The molecule has 0 spiro atoms. The van der Waals surface area contributed by atoms with E-state index in [0.29, 0.717) is 13.1 Å². The second-order valence-electron chi connectivity index (χ2n) is 6.55. The number of nitrogens with one attached hydrogen (secondary N) is 1. The second kappa shape index (κ2) is 7.59. The Balaban J connectivity index is 1.98. The summed E-state index contributed by atoms with van der Waals surface area (Å²) < 4.78 is 24.2. The second-order valence-corrected chi connectivity index (χ2v) is 7.93. The number of likely N-dealkylation sites (tertiary alicyclic amines) is 1. The zero-order valence-electron chi connectivity index (χ0n) is 13.1. The van der Waals surface area contributed by atoms with Crippen LogP contribution in [0.3, 0.4) is 0 Å². The Hall–Kier alpha value is -1.19. The maximum atomic E-state index is 12.7. The Kier molecular flexibility index (Phi) is 5.99. The van der Waals surface area contributed by atoms with Crippen molar-refractivity contribution in [2.24, 2.45) is 22.9 Å². The lowest BCUT2D eigenvalue weighted by atomic mass is 9.88. The summed E-state index contributed by atoms with van der Waals surface area (Å²) in [4.78, 5) is 25.8. The molecule has 1 saturated heterocycles. The predicted molar refractivity (Wildman–Crippen MR) is 83.5 cm³/mol. The highest BCUT2D eigenvalue weighted by atomic mass is 32.2. The van der Waals surface area contributed by atoms with Crippen LogP contribution < -0.4 is 9.86 Å². The van der Waals surface area contributed by atoms with Crippen molar-refractivity contribution in [3.05, 3.63) is 0 Å². The van der Waals surface area contributed by atoms with Gasteiger partial charge in [-0.2, -0.15) is 8.42 Å². The van der Waals surface area contributed by atoms with Crippen LogP contribution in [-0.2, 0) is 19.8 Å². The summed E-state index contributed by atoms with van der Waals surface area (Å²) in [5.41, 5.74) is 0. The van der Waals surface area contributed by atoms with Gasteiger partial charge in [0.1, 0.15) is 5.92 Å². The molecule has 2 atom stereocenters. The number of nitrogens with two attached hydrogens (primary N) is 1. The maximum Gasteiger partial charge on any atom is 0.316 e. The number of rotatable bonds is 6. The van der Waals surface area contributed by atoms with E-state index in [-0.39, 0.29) is 24.3 Å². The first-order valence-corrected chi connectivity index (χ1v) is 9.61. The van der Waals surface area contributed by atoms with Crippen LogP contribution >= 0.6 is 0 Å². The number of hydrogen-bond acceptors (Lipinski definition) is 4. The van der Waals surface area contributed by atoms with Gasteiger partial charge < -0.3 is 10.0 Å². The third-order valence-electron chi connectivity index (χ3n) is 4.81. The van der Waals surface area contributed by atoms with Crippen LogP contribution in [0.5, 0.6) is 0 Å². The third-order valence-corrected chi connectivity index (χ3v) is 5.38. The molecule has 9 heteroatoms. The molecule has 23 heavy (non-hydrogen) atoms. The van der Waals surface area contributed by atoms with Gasteiger partial charge in [0, 0.05) is 19.6 Å². The van der Waals surface area contributed by atoms with Crippen LogP contribution in [0, 0.1) is 17.8 Å². The standard InChI is InChI=1S/C14H25N3O5S/c15-23(21,22)16-8-10-4-3-7-17(9-10)13(18)12(14(19)20)11-5-1-2-6-11/h10-12,16H,1-9H2,(H,19,20)(H2,15,21,22). The van der Waals surface area contributed by atoms with E-state index in [1.807, 2.05) is 0 Å². The molecule has 0 aromatic carbocycles. The van der Waals surface area contributed by atoms with Gasteiger partial charge >= 0.3 is 5.97 Å². The van der Waals surface area contributed by atoms with Crippen LogP contribution in [0.25, 0.3) is 0 Å². The quantitative estimate of drug-likeness (QED) is 0.578. The summed E-state index contributed by atoms with van der Waals surface area (Å²) in [7, 11) is -3.75. The Labute approximate surface area is 136 Å². The number of aliphatic carboxylic acids is 1. The van der Waals surface area contributed by atoms with Crippen LogP contribution in [0.2, 0.25) is 0 Å². The molecule has 132 valence electrons. The average molecular weight is 347 g/mol. The molecule has 2 fully saturated rings. The van der Waals surface area contributed by atoms with Gasteiger partial charge in [-0.1, -0.05) is 12.8 Å². The minimum Gasteiger partial charge on any atom is -0.481 e. The molecule has 8 nitrogen and oxygen atoms in total. The lowest BCUT2D eigenvalue weighted by Crippen LogP contribution is -2.49. The monoisotopic (exact) mass is 347 g/mol. The van der Waals surface area contributed by atoms with E-state index >= 15 is 0 Å². The third kappa shape index (κ3) is 5.15. The molecular weight excluding hydrogens is 322 g/mol. The fourth-order valence-electron chi connectivity index (χ4n) is 3.66. The van der Waals surface area contributed by atoms with Crippen molar-refractivity contribution in [2.75, 3.05) is 19.6 Å². The highest BCUT2D eigenvalue weighted by Crippen LogP contribution is 2.33. The van der Waals surface area contributed by atoms with Gasteiger partial charge in [-0.25, -0.2) is 9.86 Å². The van der Waals surface area contributed by atoms with Crippen LogP contribution in [0.4, 0.5) is 0 Å². The summed E-state index contributed by atoms with van der Waals surface area (Å²) in [6.45, 7) is 1.07. The van der Waals surface area contributed by atoms with Gasteiger partial charge in [-0.15, -0.1) is 0 Å². The van der Waals surface area contributed by atoms with Crippen molar-refractivity contribution < 1.29 is 23.1 Å².